The SMILES string of the molecule is CCSC[C@H](N)C(=O)S(=O)C(=O)[C@@H](N)CSCC. The molecule has 4 N–H and O–H groups in total. The van der Waals surface area contributed by atoms with Crippen LogP contribution in [0, 0.1) is 0 Å². The number of hydrogen-bond donors (Lipinski definition) is 2. The molecule has 0 fully saturated rings. The number of thioether (sulfide) groups is 2. The molecule has 0 amide bonds. The Bertz CT molecular complexity index is 285. The van der Waals surface area contributed by atoms with Crippen LogP contribution < -0.4 is 11.5 Å². The molecule has 0 aliphatic rings. The van der Waals surface area contributed by atoms with E-state index in [-0.39, 0.29) is 0 Å². The molecule has 0 aliphatic heterocycles. The van der Waals surface area contributed by atoms with Gasteiger partial charge in [-0.25, -0.2) is 4.21 Å². The first-order valence-electron chi connectivity index (χ1n) is 5.61. The molecule has 0 heterocycles. The lowest BCUT2D eigenvalue weighted by Gasteiger charge is -2.11. The molecule has 2 atom stereocenters. The summed E-state index contributed by atoms with van der Waals surface area (Å²) in [6, 6.07) is -1.74. The zero-order valence-corrected chi connectivity index (χ0v) is 13.0. The Labute approximate surface area is 119 Å². The van der Waals surface area contributed by atoms with E-state index in [0.717, 1.165) is 11.5 Å². The summed E-state index contributed by atoms with van der Waals surface area (Å²) in [6.45, 7) is 3.86. The van der Waals surface area contributed by atoms with E-state index in [4.69, 9.17) is 11.5 Å². The molecule has 0 rings (SSSR count). The molecule has 0 radical (unpaired) electrons. The van der Waals surface area contributed by atoms with Crippen LogP contribution in [0.4, 0.5) is 0 Å². The number of rotatable bonds is 8. The third-order valence-electron chi connectivity index (χ3n) is 1.97. The van der Waals surface area contributed by atoms with Crippen molar-refractivity contribution in [3.8, 4) is 0 Å². The van der Waals surface area contributed by atoms with E-state index in [0.29, 0.717) is 11.5 Å². The summed E-state index contributed by atoms with van der Waals surface area (Å²) in [7, 11) is -2.23. The minimum atomic E-state index is -2.23. The van der Waals surface area contributed by atoms with Crippen LogP contribution in [0.2, 0.25) is 0 Å². The summed E-state index contributed by atoms with van der Waals surface area (Å²) in [6.07, 6.45) is 0. The van der Waals surface area contributed by atoms with Gasteiger partial charge in [0.05, 0.1) is 12.1 Å². The van der Waals surface area contributed by atoms with Crippen molar-refractivity contribution in [3.63, 3.8) is 0 Å². The van der Waals surface area contributed by atoms with Gasteiger partial charge in [0.25, 0.3) is 0 Å². The minimum absolute atomic E-state index is 0.368. The summed E-state index contributed by atoms with van der Waals surface area (Å²) in [5, 5.41) is -1.45. The highest BCUT2D eigenvalue weighted by molar-refractivity contribution is 8.13. The fourth-order valence-electron chi connectivity index (χ4n) is 1.000. The van der Waals surface area contributed by atoms with E-state index >= 15 is 0 Å². The monoisotopic (exact) mass is 312 g/mol. The van der Waals surface area contributed by atoms with E-state index < -0.39 is 33.1 Å². The highest BCUT2D eigenvalue weighted by Gasteiger charge is 2.29. The number of carbonyl (C=O) groups is 2. The van der Waals surface area contributed by atoms with Crippen LogP contribution in [0.25, 0.3) is 0 Å². The average molecular weight is 312 g/mol. The number of carbonyl (C=O) groups excluding carboxylic acids is 2. The maximum Gasteiger partial charge on any atom is 0.244 e. The molecule has 0 unspecified atom stereocenters. The van der Waals surface area contributed by atoms with Crippen molar-refractivity contribution in [2.45, 2.75) is 25.9 Å². The van der Waals surface area contributed by atoms with E-state index in [1.165, 1.54) is 23.5 Å². The summed E-state index contributed by atoms with van der Waals surface area (Å²) >= 11 is 2.94. The molecule has 18 heavy (non-hydrogen) atoms. The van der Waals surface area contributed by atoms with Crippen LogP contribution >= 0.6 is 23.5 Å². The van der Waals surface area contributed by atoms with E-state index in [2.05, 4.69) is 0 Å². The second-order valence-electron chi connectivity index (χ2n) is 3.44. The Morgan fingerprint density at radius 1 is 1.00 bits per heavy atom. The van der Waals surface area contributed by atoms with Crippen molar-refractivity contribution >= 4 is 44.6 Å². The maximum absolute atomic E-state index is 11.7. The standard InChI is InChI=1S/C10H20N2O3S3/c1-3-16-5-7(11)9(13)18(15)10(14)8(12)6-17-4-2/h7-8H,3-6,11-12H2,1-2H3/t7-,8-/m0/s1. The predicted octanol–water partition coefficient (Wildman–Crippen LogP) is -0.0509. The molecule has 0 bridgehead atoms. The second-order valence-corrected chi connectivity index (χ2v) is 7.42. The molecule has 0 aliphatic carbocycles. The van der Waals surface area contributed by atoms with Gasteiger partial charge in [0.1, 0.15) is 0 Å². The topological polar surface area (TPSA) is 103 Å². The lowest BCUT2D eigenvalue weighted by Crippen LogP contribution is -2.43. The normalized spacial score (nSPS) is 14.5. The van der Waals surface area contributed by atoms with Gasteiger partial charge in [0, 0.05) is 11.5 Å². The lowest BCUT2D eigenvalue weighted by atomic mass is 10.4. The molecular weight excluding hydrogens is 292 g/mol. The van der Waals surface area contributed by atoms with E-state index in [9.17, 15) is 13.8 Å². The predicted molar refractivity (Wildman–Crippen MR) is 80.1 cm³/mol. The van der Waals surface area contributed by atoms with Crippen LogP contribution in [0.15, 0.2) is 0 Å². The van der Waals surface area contributed by atoms with Crippen molar-refractivity contribution in [3.05, 3.63) is 0 Å². The molecule has 106 valence electrons. The molecule has 0 aromatic heterocycles. The first-order valence-corrected chi connectivity index (χ1v) is 9.07. The summed E-state index contributed by atoms with van der Waals surface area (Å²) in [4.78, 5) is 23.3. The first-order chi connectivity index (χ1) is 8.45. The Morgan fingerprint density at radius 2 is 1.33 bits per heavy atom. The van der Waals surface area contributed by atoms with Gasteiger partial charge in [-0.3, -0.25) is 9.59 Å². The Balaban J connectivity index is 4.35. The summed E-state index contributed by atoms with van der Waals surface area (Å²) in [5.41, 5.74) is 11.2. The van der Waals surface area contributed by atoms with Gasteiger partial charge in [-0.15, -0.1) is 0 Å². The first kappa shape index (κ1) is 18.1. The Kier molecular flexibility index (Phi) is 10.0. The van der Waals surface area contributed by atoms with Crippen molar-refractivity contribution in [1.82, 2.24) is 0 Å². The molecule has 8 heteroatoms. The molecule has 0 spiro atoms. The highest BCUT2D eigenvalue weighted by Crippen LogP contribution is 2.06. The Morgan fingerprint density at radius 3 is 1.61 bits per heavy atom. The zero-order chi connectivity index (χ0) is 14.1. The highest BCUT2D eigenvalue weighted by atomic mass is 32.2. The minimum Gasteiger partial charge on any atom is -0.320 e. The van der Waals surface area contributed by atoms with Crippen molar-refractivity contribution in [2.24, 2.45) is 11.5 Å². The summed E-state index contributed by atoms with van der Waals surface area (Å²) < 4.78 is 11.7. The number of hydrogen-bond acceptors (Lipinski definition) is 7. The molecule has 0 aromatic rings. The molecule has 5 nitrogen and oxygen atoms in total. The van der Waals surface area contributed by atoms with Gasteiger partial charge in [-0.2, -0.15) is 23.5 Å². The molecule has 0 saturated heterocycles. The molecule has 0 aromatic carbocycles. The van der Waals surface area contributed by atoms with Gasteiger partial charge in [-0.1, -0.05) is 13.8 Å². The molecule has 0 saturated carbocycles. The quantitative estimate of drug-likeness (QED) is 0.647. The van der Waals surface area contributed by atoms with Crippen LogP contribution in [0.3, 0.4) is 0 Å². The fourth-order valence-corrected chi connectivity index (χ4v) is 3.41. The largest absolute Gasteiger partial charge is 0.320 e. The van der Waals surface area contributed by atoms with Gasteiger partial charge in [-0.05, 0) is 11.5 Å². The van der Waals surface area contributed by atoms with E-state index in [1.807, 2.05) is 13.8 Å². The van der Waals surface area contributed by atoms with E-state index in [1.54, 1.807) is 0 Å². The van der Waals surface area contributed by atoms with Gasteiger partial charge in [0.15, 0.2) is 10.8 Å². The van der Waals surface area contributed by atoms with Crippen molar-refractivity contribution in [1.29, 1.82) is 0 Å². The van der Waals surface area contributed by atoms with Crippen LogP contribution in [-0.4, -0.2) is 49.5 Å². The fraction of sp³-hybridized carbons (Fsp3) is 0.800. The van der Waals surface area contributed by atoms with Crippen LogP contribution in [0.5, 0.6) is 0 Å². The smallest absolute Gasteiger partial charge is 0.244 e. The van der Waals surface area contributed by atoms with Gasteiger partial charge < -0.3 is 11.5 Å². The van der Waals surface area contributed by atoms with Crippen molar-refractivity contribution in [2.75, 3.05) is 23.0 Å². The van der Waals surface area contributed by atoms with Gasteiger partial charge >= 0.3 is 0 Å². The zero-order valence-electron chi connectivity index (χ0n) is 10.6. The van der Waals surface area contributed by atoms with Crippen LogP contribution in [0.1, 0.15) is 13.8 Å². The molecular formula is C10H20N2O3S3. The second kappa shape index (κ2) is 9.96. The third-order valence-corrected chi connectivity index (χ3v) is 5.32. The lowest BCUT2D eigenvalue weighted by molar-refractivity contribution is -0.114. The number of nitrogens with two attached hydrogens (primary N) is 2. The van der Waals surface area contributed by atoms with Crippen LogP contribution in [-0.2, 0) is 20.4 Å². The third kappa shape index (κ3) is 6.33. The van der Waals surface area contributed by atoms with Gasteiger partial charge in [0.2, 0.25) is 10.2 Å². The Hall–Kier alpha value is 0.110. The summed E-state index contributed by atoms with van der Waals surface area (Å²) in [5.74, 6) is 2.36. The maximum atomic E-state index is 11.7. The van der Waals surface area contributed by atoms with Crippen molar-refractivity contribution < 1.29 is 13.8 Å². The average Bonchev–Trinajstić information content (AvgIpc) is 2.39.